The second kappa shape index (κ2) is 9.83. The number of benzene rings is 3. The van der Waals surface area contributed by atoms with Crippen molar-refractivity contribution in [1.29, 1.82) is 0 Å². The number of nitrogens with one attached hydrogen (secondary N) is 1. The molecule has 0 aliphatic heterocycles. The fourth-order valence-electron chi connectivity index (χ4n) is 3.39. The number of rotatable bonds is 7. The molecule has 33 heavy (non-hydrogen) atoms. The first-order valence-corrected chi connectivity index (χ1v) is 11.5. The summed E-state index contributed by atoms with van der Waals surface area (Å²) in [4.78, 5) is 41.9. The fraction of sp³-hybridized carbons (Fsp3) is 0.154. The summed E-state index contributed by atoms with van der Waals surface area (Å²) in [6.07, 6.45) is 0. The third-order valence-electron chi connectivity index (χ3n) is 5.20. The van der Waals surface area contributed by atoms with Gasteiger partial charge in [0.05, 0.1) is 23.2 Å². The molecule has 0 atom stereocenters. The summed E-state index contributed by atoms with van der Waals surface area (Å²) in [5.41, 5.74) is 3.79. The Kier molecular flexibility index (Phi) is 6.70. The molecular weight excluding hydrogens is 434 g/mol. The van der Waals surface area contributed by atoms with Gasteiger partial charge < -0.3 is 5.32 Å². The highest BCUT2D eigenvalue weighted by atomic mass is 32.2. The van der Waals surface area contributed by atoms with Gasteiger partial charge in [-0.15, -0.1) is 0 Å². The molecule has 1 amide bonds. The molecule has 1 N–H and O–H groups in total. The van der Waals surface area contributed by atoms with E-state index in [-0.39, 0.29) is 23.0 Å². The Morgan fingerprint density at radius 3 is 2.36 bits per heavy atom. The first-order chi connectivity index (χ1) is 15.9. The van der Waals surface area contributed by atoms with Crippen LogP contribution in [-0.2, 0) is 11.3 Å². The average Bonchev–Trinajstić information content (AvgIpc) is 2.81. The molecule has 0 fully saturated rings. The molecule has 4 rings (SSSR count). The maximum absolute atomic E-state index is 13.2. The number of fused-ring (bicyclic) bond motifs is 1. The van der Waals surface area contributed by atoms with E-state index in [0.717, 1.165) is 11.1 Å². The topological polar surface area (TPSA) is 81.1 Å². The molecule has 1 heterocycles. The van der Waals surface area contributed by atoms with Crippen LogP contribution >= 0.6 is 11.8 Å². The normalized spacial score (nSPS) is 10.8. The van der Waals surface area contributed by atoms with E-state index in [1.165, 1.54) is 18.7 Å². The molecular formula is C26H23N3O3S. The van der Waals surface area contributed by atoms with Crippen molar-refractivity contribution in [2.24, 2.45) is 0 Å². The van der Waals surface area contributed by atoms with Gasteiger partial charge in [-0.05, 0) is 55.8 Å². The Balaban J connectivity index is 1.56. The van der Waals surface area contributed by atoms with Crippen molar-refractivity contribution in [1.82, 2.24) is 9.55 Å². The molecule has 1 aromatic heterocycles. The highest BCUT2D eigenvalue weighted by Crippen LogP contribution is 2.20. The number of ketones is 1. The zero-order valence-electron chi connectivity index (χ0n) is 18.4. The third kappa shape index (κ3) is 5.38. The second-order valence-electron chi connectivity index (χ2n) is 7.76. The van der Waals surface area contributed by atoms with Gasteiger partial charge in [0.1, 0.15) is 0 Å². The Bertz CT molecular complexity index is 1380. The zero-order chi connectivity index (χ0) is 23.4. The molecule has 0 unspecified atom stereocenters. The van der Waals surface area contributed by atoms with Crippen LogP contribution in [0.1, 0.15) is 28.4 Å². The number of carbonyl (C=O) groups excluding carboxylic acids is 2. The van der Waals surface area contributed by atoms with Crippen molar-refractivity contribution in [3.05, 3.63) is 99.8 Å². The van der Waals surface area contributed by atoms with Crippen LogP contribution in [0.5, 0.6) is 0 Å². The van der Waals surface area contributed by atoms with Crippen molar-refractivity contribution in [2.45, 2.75) is 25.5 Å². The molecule has 6 nitrogen and oxygen atoms in total. The largest absolute Gasteiger partial charge is 0.325 e. The van der Waals surface area contributed by atoms with Gasteiger partial charge in [-0.2, -0.15) is 0 Å². The van der Waals surface area contributed by atoms with Gasteiger partial charge in [-0.25, -0.2) is 4.98 Å². The minimum absolute atomic E-state index is 0.0302. The standard InChI is InChI=1S/C26H23N3O3S/c1-17-7-9-19(10-8-17)15-29-25(32)22-5-3-4-6-23(22)28-26(29)33-16-24(31)27-21-13-11-20(12-14-21)18(2)30/h3-14H,15-16H2,1-2H3,(H,27,31). The predicted molar refractivity (Wildman–Crippen MR) is 132 cm³/mol. The number of thioether (sulfide) groups is 1. The SMILES string of the molecule is CC(=O)c1ccc(NC(=O)CSc2nc3ccccc3c(=O)n2Cc2ccc(C)cc2)cc1. The summed E-state index contributed by atoms with van der Waals surface area (Å²) in [6, 6.07) is 22.0. The number of aryl methyl sites for hydroxylation is 1. The van der Waals surface area contributed by atoms with Crippen molar-refractivity contribution in [2.75, 3.05) is 11.1 Å². The minimum Gasteiger partial charge on any atom is -0.325 e. The fourth-order valence-corrected chi connectivity index (χ4v) is 4.19. The van der Waals surface area contributed by atoms with Crippen LogP contribution in [0.3, 0.4) is 0 Å². The number of Topliss-reactive ketones (excluding diaryl/α,β-unsaturated/α-hetero) is 1. The molecule has 3 aromatic carbocycles. The van der Waals surface area contributed by atoms with Crippen molar-refractivity contribution in [3.8, 4) is 0 Å². The Hall–Kier alpha value is -3.71. The summed E-state index contributed by atoms with van der Waals surface area (Å²) in [5.74, 6) is -0.162. The summed E-state index contributed by atoms with van der Waals surface area (Å²) in [5, 5.41) is 3.85. The Morgan fingerprint density at radius 1 is 0.970 bits per heavy atom. The van der Waals surface area contributed by atoms with Crippen LogP contribution < -0.4 is 10.9 Å². The lowest BCUT2D eigenvalue weighted by Gasteiger charge is -2.13. The van der Waals surface area contributed by atoms with E-state index in [1.54, 1.807) is 41.0 Å². The lowest BCUT2D eigenvalue weighted by molar-refractivity contribution is -0.113. The molecule has 0 bridgehead atoms. The van der Waals surface area contributed by atoms with Crippen LogP contribution in [0.25, 0.3) is 10.9 Å². The van der Waals surface area contributed by atoms with E-state index in [9.17, 15) is 14.4 Å². The smallest absolute Gasteiger partial charge is 0.262 e. The Labute approximate surface area is 195 Å². The van der Waals surface area contributed by atoms with E-state index in [0.29, 0.717) is 33.9 Å². The van der Waals surface area contributed by atoms with Gasteiger partial charge in [-0.1, -0.05) is 53.7 Å². The first kappa shape index (κ1) is 22.5. The zero-order valence-corrected chi connectivity index (χ0v) is 19.2. The molecule has 0 aliphatic rings. The maximum Gasteiger partial charge on any atom is 0.262 e. The molecule has 4 aromatic rings. The van der Waals surface area contributed by atoms with E-state index in [1.807, 2.05) is 43.3 Å². The van der Waals surface area contributed by atoms with Crippen LogP contribution in [0.15, 0.2) is 82.7 Å². The van der Waals surface area contributed by atoms with Crippen LogP contribution in [0.2, 0.25) is 0 Å². The lowest BCUT2D eigenvalue weighted by Crippen LogP contribution is -2.25. The summed E-state index contributed by atoms with van der Waals surface area (Å²) in [6.45, 7) is 3.88. The maximum atomic E-state index is 13.2. The number of hydrogen-bond donors (Lipinski definition) is 1. The van der Waals surface area contributed by atoms with E-state index < -0.39 is 0 Å². The molecule has 0 radical (unpaired) electrons. The number of hydrogen-bond acceptors (Lipinski definition) is 5. The average molecular weight is 458 g/mol. The van der Waals surface area contributed by atoms with Crippen LogP contribution in [0.4, 0.5) is 5.69 Å². The van der Waals surface area contributed by atoms with Crippen molar-refractivity contribution in [3.63, 3.8) is 0 Å². The second-order valence-corrected chi connectivity index (χ2v) is 8.70. The van der Waals surface area contributed by atoms with Crippen LogP contribution in [0, 0.1) is 6.92 Å². The van der Waals surface area contributed by atoms with Gasteiger partial charge in [0, 0.05) is 11.3 Å². The third-order valence-corrected chi connectivity index (χ3v) is 6.17. The van der Waals surface area contributed by atoms with Gasteiger partial charge in [-0.3, -0.25) is 19.0 Å². The molecule has 0 saturated carbocycles. The van der Waals surface area contributed by atoms with Gasteiger partial charge in [0.15, 0.2) is 10.9 Å². The first-order valence-electron chi connectivity index (χ1n) is 10.5. The van der Waals surface area contributed by atoms with E-state index in [4.69, 9.17) is 0 Å². The molecule has 0 spiro atoms. The Morgan fingerprint density at radius 2 is 1.67 bits per heavy atom. The quantitative estimate of drug-likeness (QED) is 0.247. The summed E-state index contributed by atoms with van der Waals surface area (Å²) in [7, 11) is 0. The van der Waals surface area contributed by atoms with Crippen LogP contribution in [-0.4, -0.2) is 27.0 Å². The lowest BCUT2D eigenvalue weighted by atomic mass is 10.1. The number of carbonyl (C=O) groups is 2. The number of amides is 1. The van der Waals surface area contributed by atoms with Gasteiger partial charge >= 0.3 is 0 Å². The molecule has 7 heteroatoms. The van der Waals surface area contributed by atoms with E-state index in [2.05, 4.69) is 10.3 Å². The van der Waals surface area contributed by atoms with Gasteiger partial charge in [0.25, 0.3) is 5.56 Å². The van der Waals surface area contributed by atoms with Gasteiger partial charge in [0.2, 0.25) is 5.91 Å². The van der Waals surface area contributed by atoms with Crippen molar-refractivity contribution < 1.29 is 9.59 Å². The van der Waals surface area contributed by atoms with E-state index >= 15 is 0 Å². The molecule has 0 aliphatic carbocycles. The monoisotopic (exact) mass is 457 g/mol. The predicted octanol–water partition coefficient (Wildman–Crippen LogP) is 4.69. The highest BCUT2D eigenvalue weighted by Gasteiger charge is 2.14. The number of aromatic nitrogens is 2. The molecule has 166 valence electrons. The van der Waals surface area contributed by atoms with Crippen molar-refractivity contribution >= 4 is 40.0 Å². The number of para-hydroxylation sites is 1. The summed E-state index contributed by atoms with van der Waals surface area (Å²) >= 11 is 1.22. The highest BCUT2D eigenvalue weighted by molar-refractivity contribution is 7.99. The number of anilines is 1. The number of nitrogens with zero attached hydrogens (tertiary/aromatic N) is 2. The minimum atomic E-state index is -0.222. The molecule has 0 saturated heterocycles. The summed E-state index contributed by atoms with van der Waals surface area (Å²) < 4.78 is 1.62.